The fourth-order valence-electron chi connectivity index (χ4n) is 4.00. The van der Waals surface area contributed by atoms with Crippen LogP contribution in [0, 0.1) is 0 Å². The van der Waals surface area contributed by atoms with E-state index in [9.17, 15) is 14.7 Å². The third-order valence-corrected chi connectivity index (χ3v) is 5.74. The van der Waals surface area contributed by atoms with E-state index in [-0.39, 0.29) is 37.0 Å². The molecule has 170 valence electrons. The molecule has 0 bridgehead atoms. The molecule has 1 fully saturated rings. The molecule has 0 radical (unpaired) electrons. The maximum absolute atomic E-state index is 12.5. The Kier molecular flexibility index (Phi) is 7.44. The highest BCUT2D eigenvalue weighted by Crippen LogP contribution is 2.24. The third-order valence-electron chi connectivity index (χ3n) is 5.74. The van der Waals surface area contributed by atoms with E-state index in [4.69, 9.17) is 4.74 Å². The first-order chi connectivity index (χ1) is 16.1. The van der Waals surface area contributed by atoms with E-state index in [1.165, 1.54) is 0 Å². The molecule has 0 aliphatic carbocycles. The van der Waals surface area contributed by atoms with Crippen molar-refractivity contribution < 1.29 is 19.4 Å². The molecule has 0 unspecified atom stereocenters. The van der Waals surface area contributed by atoms with Crippen molar-refractivity contribution in [1.82, 2.24) is 10.3 Å². The van der Waals surface area contributed by atoms with E-state index < -0.39 is 6.10 Å². The van der Waals surface area contributed by atoms with Gasteiger partial charge in [0, 0.05) is 23.6 Å². The molecule has 2 amide bonds. The zero-order valence-corrected chi connectivity index (χ0v) is 18.2. The van der Waals surface area contributed by atoms with Crippen molar-refractivity contribution in [2.45, 2.75) is 37.5 Å². The lowest BCUT2D eigenvalue weighted by Gasteiger charge is -2.36. The summed E-state index contributed by atoms with van der Waals surface area (Å²) >= 11 is 0. The van der Waals surface area contributed by atoms with Crippen LogP contribution in [0.3, 0.4) is 0 Å². The minimum atomic E-state index is -0.563. The van der Waals surface area contributed by atoms with Crippen LogP contribution in [0.5, 0.6) is 0 Å². The van der Waals surface area contributed by atoms with Crippen molar-refractivity contribution in [2.24, 2.45) is 0 Å². The lowest BCUT2D eigenvalue weighted by Crippen LogP contribution is -2.51. The van der Waals surface area contributed by atoms with E-state index in [1.807, 2.05) is 54.6 Å². The topological polar surface area (TPSA) is 101 Å². The Morgan fingerprint density at radius 1 is 0.939 bits per heavy atom. The molecule has 0 saturated carbocycles. The SMILES string of the molecule is O=C(C[C@@H]1CC[C@H](NC(=O)c2ccncc2)[C@@H](CO)O1)Nc1ccc(-c2ccccc2)cc1. The number of ether oxygens (including phenoxy) is 1. The van der Waals surface area contributed by atoms with Gasteiger partial charge in [-0.2, -0.15) is 0 Å². The molecule has 7 heteroatoms. The van der Waals surface area contributed by atoms with Gasteiger partial charge in [0.1, 0.15) is 6.10 Å². The van der Waals surface area contributed by atoms with Crippen LogP contribution >= 0.6 is 0 Å². The molecule has 3 atom stereocenters. The first-order valence-corrected chi connectivity index (χ1v) is 11.0. The van der Waals surface area contributed by atoms with Crippen molar-refractivity contribution in [3.8, 4) is 11.1 Å². The first kappa shape index (κ1) is 22.6. The maximum atomic E-state index is 12.5. The van der Waals surface area contributed by atoms with Crippen LogP contribution in [0.1, 0.15) is 29.6 Å². The van der Waals surface area contributed by atoms with Crippen molar-refractivity contribution in [3.05, 3.63) is 84.7 Å². The zero-order chi connectivity index (χ0) is 23.0. The van der Waals surface area contributed by atoms with E-state index in [1.54, 1.807) is 24.5 Å². The molecule has 1 saturated heterocycles. The number of aliphatic hydroxyl groups is 1. The van der Waals surface area contributed by atoms with Gasteiger partial charge >= 0.3 is 0 Å². The monoisotopic (exact) mass is 445 g/mol. The predicted octanol–water partition coefficient (Wildman–Crippen LogP) is 3.42. The second-order valence-corrected chi connectivity index (χ2v) is 8.07. The highest BCUT2D eigenvalue weighted by molar-refractivity contribution is 5.94. The summed E-state index contributed by atoms with van der Waals surface area (Å²) in [6.07, 6.45) is 3.64. The highest BCUT2D eigenvalue weighted by atomic mass is 16.5. The van der Waals surface area contributed by atoms with Crippen LogP contribution < -0.4 is 10.6 Å². The standard InChI is InChI=1S/C26H27N3O4/c30-17-24-23(29-26(32)20-12-14-27-15-13-20)11-10-22(33-24)16-25(31)28-21-8-6-19(7-9-21)18-4-2-1-3-5-18/h1-9,12-15,22-24,30H,10-11,16-17H2,(H,28,31)(H,29,32)/t22-,23-,24+/m0/s1. The normalized spacial score (nSPS) is 20.1. The summed E-state index contributed by atoms with van der Waals surface area (Å²) in [5, 5.41) is 15.6. The lowest BCUT2D eigenvalue weighted by atomic mass is 9.96. The molecule has 1 aliphatic heterocycles. The number of aromatic nitrogens is 1. The summed E-state index contributed by atoms with van der Waals surface area (Å²) in [4.78, 5) is 28.9. The minimum absolute atomic E-state index is 0.150. The van der Waals surface area contributed by atoms with Gasteiger partial charge in [0.05, 0.1) is 25.2 Å². The molecule has 2 heterocycles. The quantitative estimate of drug-likeness (QED) is 0.517. The van der Waals surface area contributed by atoms with Gasteiger partial charge < -0.3 is 20.5 Å². The zero-order valence-electron chi connectivity index (χ0n) is 18.2. The van der Waals surface area contributed by atoms with Crippen molar-refractivity contribution in [2.75, 3.05) is 11.9 Å². The second kappa shape index (κ2) is 10.8. The number of carbonyl (C=O) groups excluding carboxylic acids is 2. The van der Waals surface area contributed by atoms with E-state index in [0.29, 0.717) is 18.4 Å². The Bertz CT molecular complexity index is 1060. The summed E-state index contributed by atoms with van der Waals surface area (Å²) in [6, 6.07) is 20.7. The highest BCUT2D eigenvalue weighted by Gasteiger charge is 2.33. The Balaban J connectivity index is 1.28. The molecular formula is C26H27N3O4. The smallest absolute Gasteiger partial charge is 0.251 e. The summed E-state index contributed by atoms with van der Waals surface area (Å²) in [5.74, 6) is -0.386. The average molecular weight is 446 g/mol. The molecule has 33 heavy (non-hydrogen) atoms. The lowest BCUT2D eigenvalue weighted by molar-refractivity contribution is -0.126. The van der Waals surface area contributed by atoms with E-state index >= 15 is 0 Å². The molecule has 0 spiro atoms. The predicted molar refractivity (Wildman–Crippen MR) is 126 cm³/mol. The van der Waals surface area contributed by atoms with E-state index in [2.05, 4.69) is 15.6 Å². The number of nitrogens with one attached hydrogen (secondary N) is 2. The molecule has 2 aromatic carbocycles. The molecule has 3 aromatic rings. The molecule has 4 rings (SSSR count). The maximum Gasteiger partial charge on any atom is 0.251 e. The number of aliphatic hydroxyl groups excluding tert-OH is 1. The number of anilines is 1. The van der Waals surface area contributed by atoms with Crippen LogP contribution in [-0.4, -0.2) is 46.8 Å². The molecular weight excluding hydrogens is 418 g/mol. The molecule has 1 aromatic heterocycles. The van der Waals surface area contributed by atoms with Gasteiger partial charge in [-0.3, -0.25) is 14.6 Å². The Morgan fingerprint density at radius 3 is 2.33 bits per heavy atom. The number of amides is 2. The third kappa shape index (κ3) is 6.03. The molecule has 1 aliphatic rings. The van der Waals surface area contributed by atoms with Crippen LogP contribution in [0.15, 0.2) is 79.1 Å². The Morgan fingerprint density at radius 2 is 1.64 bits per heavy atom. The van der Waals surface area contributed by atoms with Crippen LogP contribution in [0.4, 0.5) is 5.69 Å². The minimum Gasteiger partial charge on any atom is -0.394 e. The van der Waals surface area contributed by atoms with E-state index in [0.717, 1.165) is 16.8 Å². The van der Waals surface area contributed by atoms with Gasteiger partial charge in [-0.1, -0.05) is 42.5 Å². The van der Waals surface area contributed by atoms with Gasteiger partial charge in [-0.05, 0) is 48.2 Å². The Labute approximate surface area is 192 Å². The van der Waals surface area contributed by atoms with Crippen LogP contribution in [0.2, 0.25) is 0 Å². The van der Waals surface area contributed by atoms with Gasteiger partial charge in [0.2, 0.25) is 5.91 Å². The van der Waals surface area contributed by atoms with Crippen molar-refractivity contribution in [1.29, 1.82) is 0 Å². The van der Waals surface area contributed by atoms with Crippen LogP contribution in [-0.2, 0) is 9.53 Å². The van der Waals surface area contributed by atoms with Gasteiger partial charge in [-0.15, -0.1) is 0 Å². The van der Waals surface area contributed by atoms with Gasteiger partial charge in [0.15, 0.2) is 0 Å². The van der Waals surface area contributed by atoms with Gasteiger partial charge in [-0.25, -0.2) is 0 Å². The van der Waals surface area contributed by atoms with Crippen molar-refractivity contribution >= 4 is 17.5 Å². The summed E-state index contributed by atoms with van der Waals surface area (Å²) in [7, 11) is 0. The fraction of sp³-hybridized carbons (Fsp3) is 0.269. The summed E-state index contributed by atoms with van der Waals surface area (Å²) in [5.41, 5.74) is 3.42. The van der Waals surface area contributed by atoms with Crippen LogP contribution in [0.25, 0.3) is 11.1 Å². The Hall–Kier alpha value is -3.55. The number of nitrogens with zero attached hydrogens (tertiary/aromatic N) is 1. The molecule has 7 nitrogen and oxygen atoms in total. The fourth-order valence-corrected chi connectivity index (χ4v) is 4.00. The summed E-state index contributed by atoms with van der Waals surface area (Å²) < 4.78 is 5.93. The largest absolute Gasteiger partial charge is 0.394 e. The number of carbonyl (C=O) groups is 2. The van der Waals surface area contributed by atoms with Crippen molar-refractivity contribution in [3.63, 3.8) is 0 Å². The number of hydrogen-bond acceptors (Lipinski definition) is 5. The number of hydrogen-bond donors (Lipinski definition) is 3. The summed E-state index contributed by atoms with van der Waals surface area (Å²) in [6.45, 7) is -0.236. The molecule has 3 N–H and O–H groups in total. The number of pyridine rings is 1. The second-order valence-electron chi connectivity index (χ2n) is 8.07. The number of benzene rings is 2. The first-order valence-electron chi connectivity index (χ1n) is 11.0. The number of rotatable bonds is 7. The van der Waals surface area contributed by atoms with Gasteiger partial charge in [0.25, 0.3) is 5.91 Å². The average Bonchev–Trinajstić information content (AvgIpc) is 2.86.